The quantitative estimate of drug-likeness (QED) is 0.0492. The van der Waals surface area contributed by atoms with Crippen LogP contribution in [0.25, 0.3) is 0 Å². The normalized spacial score (nSPS) is 18.0. The van der Waals surface area contributed by atoms with Gasteiger partial charge in [0.25, 0.3) is 8.53 Å². The second kappa shape index (κ2) is 18.0. The molecule has 1 amide bonds. The average Bonchev–Trinajstić information content (AvgIpc) is 3.51. The second-order valence-corrected chi connectivity index (χ2v) is 14.6. The monoisotopic (exact) mass is 742 g/mol. The number of hydrogen-bond acceptors (Lipinski definition) is 10. The molecule has 53 heavy (non-hydrogen) atoms. The number of carbonyl (C=O) groups excluding carboxylic acids is 1. The molecule has 4 aromatic rings. The van der Waals surface area contributed by atoms with Crippen molar-refractivity contribution in [2.75, 3.05) is 18.5 Å². The van der Waals surface area contributed by atoms with Gasteiger partial charge < -0.3 is 34.1 Å². The van der Waals surface area contributed by atoms with Gasteiger partial charge in [-0.25, -0.2) is 9.46 Å². The minimum Gasteiger partial charge on any atom is -0.508 e. The molecule has 1 fully saturated rings. The zero-order valence-electron chi connectivity index (χ0n) is 30.6. The van der Waals surface area contributed by atoms with Crippen molar-refractivity contribution in [1.29, 1.82) is 0 Å². The molecule has 3 aromatic carbocycles. The number of carbonyl (C=O) groups is 1. The molecule has 4 atom stereocenters. The van der Waals surface area contributed by atoms with Crippen molar-refractivity contribution in [1.82, 2.24) is 14.2 Å². The number of aromatic nitrogens is 2. The molecule has 12 nitrogen and oxygen atoms in total. The Labute approximate surface area is 311 Å². The van der Waals surface area contributed by atoms with Crippen LogP contribution in [0.1, 0.15) is 70.4 Å². The van der Waals surface area contributed by atoms with E-state index in [1.807, 2.05) is 30.3 Å². The first-order valence-corrected chi connectivity index (χ1v) is 18.7. The van der Waals surface area contributed by atoms with Crippen LogP contribution >= 0.6 is 8.53 Å². The summed E-state index contributed by atoms with van der Waals surface area (Å²) in [6.07, 6.45) is 5.64. The van der Waals surface area contributed by atoms with Crippen LogP contribution in [0.2, 0.25) is 0 Å². The van der Waals surface area contributed by atoms with Crippen molar-refractivity contribution < 1.29 is 33.5 Å². The summed E-state index contributed by atoms with van der Waals surface area (Å²) in [5.41, 5.74) is 0.399. The maximum absolute atomic E-state index is 13.3. The molecule has 1 aliphatic rings. The van der Waals surface area contributed by atoms with Gasteiger partial charge in [0.05, 0.1) is 19.3 Å². The Morgan fingerprint density at radius 3 is 2.11 bits per heavy atom. The van der Waals surface area contributed by atoms with E-state index in [4.69, 9.17) is 24.9 Å². The highest BCUT2D eigenvalue weighted by molar-refractivity contribution is 7.44. The Balaban J connectivity index is 1.57. The predicted molar refractivity (Wildman–Crippen MR) is 203 cm³/mol. The van der Waals surface area contributed by atoms with Crippen LogP contribution in [0.5, 0.6) is 11.5 Å². The number of nitrogens with zero attached hydrogens (tertiary/aromatic N) is 3. The van der Waals surface area contributed by atoms with Crippen LogP contribution in [0.3, 0.4) is 0 Å². The first kappa shape index (κ1) is 39.6. The van der Waals surface area contributed by atoms with Crippen molar-refractivity contribution in [3.05, 3.63) is 118 Å². The molecule has 1 aliphatic heterocycles. The largest absolute Gasteiger partial charge is 0.508 e. The Morgan fingerprint density at radius 2 is 1.58 bits per heavy atom. The summed E-state index contributed by atoms with van der Waals surface area (Å²) in [6, 6.07) is 24.9. The maximum Gasteiger partial charge on any atom is 0.351 e. The van der Waals surface area contributed by atoms with E-state index in [2.05, 4.69) is 48.6 Å². The predicted octanol–water partition coefficient (Wildman–Crippen LogP) is 6.68. The van der Waals surface area contributed by atoms with Crippen LogP contribution in [-0.2, 0) is 28.9 Å². The van der Waals surface area contributed by atoms with Gasteiger partial charge in [-0.15, -0.1) is 12.3 Å². The molecule has 2 heterocycles. The van der Waals surface area contributed by atoms with Crippen LogP contribution in [0, 0.1) is 12.3 Å². The molecule has 3 N–H and O–H groups in total. The summed E-state index contributed by atoms with van der Waals surface area (Å²) in [5, 5.41) is 23.0. The number of ether oxygens (including phenoxy) is 2. The molecular weight excluding hydrogens is 695 g/mol. The number of phenols is 2. The summed E-state index contributed by atoms with van der Waals surface area (Å²) in [7, 11) is -1.64. The summed E-state index contributed by atoms with van der Waals surface area (Å²) in [5.74, 6) is 2.61. The highest BCUT2D eigenvalue weighted by Crippen LogP contribution is 2.50. The molecule has 13 heteroatoms. The Kier molecular flexibility index (Phi) is 13.4. The van der Waals surface area contributed by atoms with E-state index in [9.17, 15) is 19.8 Å². The lowest BCUT2D eigenvalue weighted by Crippen LogP contribution is -2.39. The number of rotatable bonds is 16. The van der Waals surface area contributed by atoms with Crippen molar-refractivity contribution in [2.45, 2.75) is 83.6 Å². The van der Waals surface area contributed by atoms with Crippen molar-refractivity contribution in [3.8, 4) is 23.8 Å². The third kappa shape index (κ3) is 9.50. The van der Waals surface area contributed by atoms with Gasteiger partial charge in [0.15, 0.2) is 0 Å². The SMILES string of the molecule is C#CCCOP(OC1CC(n2ccc(NC(C)=O)nc2=O)OC1COC(c1ccccc1)(c1ccc(O)cc1)c1ccc(O)cc1)N(C(C)C)C(C)C. The average molecular weight is 743 g/mol. The van der Waals surface area contributed by atoms with Gasteiger partial charge in [0.2, 0.25) is 5.91 Å². The highest BCUT2D eigenvalue weighted by Gasteiger charge is 2.45. The topological polar surface area (TPSA) is 145 Å². The molecule has 0 saturated carbocycles. The molecule has 5 rings (SSSR count). The Bertz CT molecular complexity index is 1840. The lowest BCUT2D eigenvalue weighted by molar-refractivity contribution is -0.114. The number of nitrogens with one attached hydrogen (secondary N) is 1. The molecule has 0 radical (unpaired) electrons. The minimum atomic E-state index is -1.64. The van der Waals surface area contributed by atoms with Crippen molar-refractivity contribution >= 4 is 20.3 Å². The molecule has 1 aromatic heterocycles. The number of phenolic OH excluding ortho intramolecular Hbond substituents is 2. The van der Waals surface area contributed by atoms with Gasteiger partial charge in [0, 0.05) is 38.0 Å². The van der Waals surface area contributed by atoms with E-state index >= 15 is 0 Å². The highest BCUT2D eigenvalue weighted by atomic mass is 31.2. The Hall–Kier alpha value is -4.60. The molecule has 0 aliphatic carbocycles. The fourth-order valence-corrected chi connectivity index (χ4v) is 8.22. The van der Waals surface area contributed by atoms with Gasteiger partial charge in [0.1, 0.15) is 35.2 Å². The van der Waals surface area contributed by atoms with Gasteiger partial charge in [-0.1, -0.05) is 54.6 Å². The van der Waals surface area contributed by atoms with Crippen molar-refractivity contribution in [3.63, 3.8) is 0 Å². The number of anilines is 1. The van der Waals surface area contributed by atoms with E-state index < -0.39 is 38.3 Å². The molecule has 1 saturated heterocycles. The number of aromatic hydroxyl groups is 2. The molecular formula is C40H47N4O8P. The number of benzene rings is 3. The molecule has 4 unspecified atom stereocenters. The lowest BCUT2D eigenvalue weighted by Gasteiger charge is -2.39. The van der Waals surface area contributed by atoms with Gasteiger partial charge in [-0.3, -0.25) is 9.36 Å². The van der Waals surface area contributed by atoms with Crippen LogP contribution in [-0.4, -0.2) is 67.8 Å². The van der Waals surface area contributed by atoms with E-state index in [0.29, 0.717) is 13.0 Å². The lowest BCUT2D eigenvalue weighted by atomic mass is 9.80. The fraction of sp³-hybridized carbons (Fsp3) is 0.375. The number of hydrogen-bond donors (Lipinski definition) is 3. The van der Waals surface area contributed by atoms with Crippen LogP contribution in [0.4, 0.5) is 5.82 Å². The molecule has 280 valence electrons. The second-order valence-electron chi connectivity index (χ2n) is 13.2. The zero-order valence-corrected chi connectivity index (χ0v) is 31.5. The third-order valence-electron chi connectivity index (χ3n) is 8.74. The Morgan fingerprint density at radius 1 is 1.00 bits per heavy atom. The minimum absolute atomic E-state index is 0.0130. The van der Waals surface area contributed by atoms with Crippen LogP contribution in [0.15, 0.2) is 95.9 Å². The van der Waals surface area contributed by atoms with Crippen LogP contribution < -0.4 is 11.0 Å². The van der Waals surface area contributed by atoms with E-state index in [1.165, 1.54) is 23.8 Å². The van der Waals surface area contributed by atoms with E-state index in [1.54, 1.807) is 48.5 Å². The standard InChI is InChI=1S/C40H47N4O8P/c1-7-8-24-50-53(44(27(2)3)28(4)5)52-35-25-38(43-23-22-37(41-29(6)45)42-39(43)48)51-36(35)26-49-40(30-12-10-9-11-13-30,31-14-18-33(46)19-15-31)32-16-20-34(47)21-17-32/h1,9-23,27-28,35-36,38,46-47H,8,24-26H2,2-6H3,(H,41,42,45,48). The van der Waals surface area contributed by atoms with Gasteiger partial charge in [-0.2, -0.15) is 4.98 Å². The summed E-state index contributed by atoms with van der Waals surface area (Å²) >= 11 is 0. The number of terminal acetylenes is 1. The number of amides is 1. The first-order valence-electron chi connectivity index (χ1n) is 17.5. The van der Waals surface area contributed by atoms with E-state index in [0.717, 1.165) is 16.7 Å². The zero-order chi connectivity index (χ0) is 38.1. The van der Waals surface area contributed by atoms with Gasteiger partial charge >= 0.3 is 5.69 Å². The summed E-state index contributed by atoms with van der Waals surface area (Å²) in [4.78, 5) is 29.0. The molecule has 0 bridgehead atoms. The first-order chi connectivity index (χ1) is 25.4. The smallest absolute Gasteiger partial charge is 0.351 e. The molecule has 0 spiro atoms. The summed E-state index contributed by atoms with van der Waals surface area (Å²) in [6.45, 7) is 9.91. The summed E-state index contributed by atoms with van der Waals surface area (Å²) < 4.78 is 30.5. The van der Waals surface area contributed by atoms with Gasteiger partial charge in [-0.05, 0) is 74.7 Å². The third-order valence-corrected chi connectivity index (χ3v) is 10.9. The van der Waals surface area contributed by atoms with Crippen molar-refractivity contribution in [2.24, 2.45) is 0 Å². The fourth-order valence-electron chi connectivity index (χ4n) is 6.46. The van der Waals surface area contributed by atoms with E-state index in [-0.39, 0.29) is 48.3 Å². The maximum atomic E-state index is 13.3.